The van der Waals surface area contributed by atoms with Gasteiger partial charge in [-0.2, -0.15) is 0 Å². The fourth-order valence-corrected chi connectivity index (χ4v) is 2.56. The molecular weight excluding hydrogens is 296 g/mol. The third-order valence-corrected chi connectivity index (χ3v) is 3.53. The fourth-order valence-electron chi connectivity index (χ4n) is 1.67. The number of hydrogen-bond donors (Lipinski definition) is 2. The smallest absolute Gasteiger partial charge is 0.343 e. The summed E-state index contributed by atoms with van der Waals surface area (Å²) in [7, 11) is 1.63. The van der Waals surface area contributed by atoms with Gasteiger partial charge in [-0.15, -0.1) is 5.10 Å². The van der Waals surface area contributed by atoms with Crippen LogP contribution in [-0.2, 0) is 6.54 Å². The normalized spacial score (nSPS) is 10.6. The molecule has 0 unspecified atom stereocenters. The summed E-state index contributed by atoms with van der Waals surface area (Å²) in [6.45, 7) is 2.46. The number of nitrogens with one attached hydrogen (secondary N) is 2. The molecule has 112 valence electrons. The predicted octanol–water partition coefficient (Wildman–Crippen LogP) is 1.48. The second-order valence-corrected chi connectivity index (χ2v) is 5.11. The van der Waals surface area contributed by atoms with Gasteiger partial charge in [0.15, 0.2) is 5.16 Å². The number of aromatic amines is 1. The van der Waals surface area contributed by atoms with Crippen molar-refractivity contribution in [2.24, 2.45) is 0 Å². The summed E-state index contributed by atoms with van der Waals surface area (Å²) in [4.78, 5) is 26.2. The molecule has 21 heavy (non-hydrogen) atoms. The summed E-state index contributed by atoms with van der Waals surface area (Å²) in [6.07, 6.45) is 0.775. The van der Waals surface area contributed by atoms with Crippen LogP contribution < -0.4 is 11.0 Å². The summed E-state index contributed by atoms with van der Waals surface area (Å²) in [5, 5.41) is 20.8. The quantitative estimate of drug-likeness (QED) is 0.612. The van der Waals surface area contributed by atoms with Crippen molar-refractivity contribution < 1.29 is 4.92 Å². The largest absolute Gasteiger partial charge is 0.373 e. The number of rotatable bonds is 6. The monoisotopic (exact) mass is 310 g/mol. The topological polar surface area (TPSA) is 119 Å². The minimum atomic E-state index is -0.490. The van der Waals surface area contributed by atoms with Crippen LogP contribution >= 0.6 is 11.8 Å². The molecule has 0 aliphatic carbocycles. The zero-order chi connectivity index (χ0) is 15.4. The Bertz CT molecular complexity index is 710. The van der Waals surface area contributed by atoms with Gasteiger partial charge in [0.1, 0.15) is 10.8 Å². The molecule has 0 saturated heterocycles. The molecule has 0 aromatic carbocycles. The molecule has 0 saturated carbocycles. The lowest BCUT2D eigenvalue weighted by atomic mass is 10.4. The molecule has 2 aromatic rings. The number of pyridine rings is 1. The number of nitro groups is 1. The van der Waals surface area contributed by atoms with Gasteiger partial charge in [-0.05, 0) is 18.2 Å². The van der Waals surface area contributed by atoms with E-state index in [1.165, 1.54) is 16.7 Å². The highest BCUT2D eigenvalue weighted by molar-refractivity contribution is 7.99. The number of H-pyrrole nitrogens is 1. The van der Waals surface area contributed by atoms with E-state index in [1.54, 1.807) is 7.05 Å². The molecule has 0 spiro atoms. The molecule has 0 fully saturated rings. The van der Waals surface area contributed by atoms with Gasteiger partial charge in [0.05, 0.1) is 11.0 Å². The molecule has 10 heteroatoms. The first-order valence-electron chi connectivity index (χ1n) is 6.22. The molecule has 0 aliphatic rings. The van der Waals surface area contributed by atoms with Crippen LogP contribution in [0.2, 0.25) is 0 Å². The highest BCUT2D eigenvalue weighted by Crippen LogP contribution is 2.28. The van der Waals surface area contributed by atoms with Crippen molar-refractivity contribution in [2.45, 2.75) is 30.1 Å². The predicted molar refractivity (Wildman–Crippen MR) is 77.7 cm³/mol. The van der Waals surface area contributed by atoms with Crippen LogP contribution in [0.25, 0.3) is 0 Å². The molecule has 0 bridgehead atoms. The van der Waals surface area contributed by atoms with E-state index in [9.17, 15) is 14.9 Å². The van der Waals surface area contributed by atoms with E-state index >= 15 is 0 Å². The maximum absolute atomic E-state index is 11.6. The van der Waals surface area contributed by atoms with Crippen molar-refractivity contribution >= 4 is 23.3 Å². The summed E-state index contributed by atoms with van der Waals surface area (Å²) in [6, 6.07) is 2.69. The highest BCUT2D eigenvalue weighted by atomic mass is 32.2. The second-order valence-electron chi connectivity index (χ2n) is 4.12. The Morgan fingerprint density at radius 3 is 2.90 bits per heavy atom. The van der Waals surface area contributed by atoms with Gasteiger partial charge in [-0.25, -0.2) is 14.9 Å². The SMILES string of the molecule is CCCn1c(Sc2cc([N+](=O)[O-])cc(NC)n2)n[nH]c1=O. The van der Waals surface area contributed by atoms with E-state index in [4.69, 9.17) is 0 Å². The van der Waals surface area contributed by atoms with Crippen LogP contribution in [-0.4, -0.2) is 31.7 Å². The van der Waals surface area contributed by atoms with E-state index in [1.807, 2.05) is 6.92 Å². The van der Waals surface area contributed by atoms with Gasteiger partial charge in [0.2, 0.25) is 0 Å². The third-order valence-electron chi connectivity index (χ3n) is 2.62. The maximum Gasteiger partial charge on any atom is 0.343 e. The molecule has 2 N–H and O–H groups in total. The Morgan fingerprint density at radius 1 is 1.52 bits per heavy atom. The van der Waals surface area contributed by atoms with Gasteiger partial charge in [-0.3, -0.25) is 14.7 Å². The average molecular weight is 310 g/mol. The number of anilines is 1. The van der Waals surface area contributed by atoms with Crippen molar-refractivity contribution in [1.82, 2.24) is 19.7 Å². The van der Waals surface area contributed by atoms with Crippen LogP contribution in [0.3, 0.4) is 0 Å². The second kappa shape index (κ2) is 6.39. The number of nitrogens with zero attached hydrogens (tertiary/aromatic N) is 4. The Hall–Kier alpha value is -2.36. The van der Waals surface area contributed by atoms with Gasteiger partial charge >= 0.3 is 5.69 Å². The van der Waals surface area contributed by atoms with Crippen molar-refractivity contribution in [3.05, 3.63) is 32.7 Å². The van der Waals surface area contributed by atoms with Crippen LogP contribution in [0.4, 0.5) is 11.5 Å². The number of hydrogen-bond acceptors (Lipinski definition) is 7. The fraction of sp³-hybridized carbons (Fsp3) is 0.364. The summed E-state index contributed by atoms with van der Waals surface area (Å²) in [5.74, 6) is 0.381. The zero-order valence-corrected chi connectivity index (χ0v) is 12.3. The summed E-state index contributed by atoms with van der Waals surface area (Å²) < 4.78 is 1.48. The van der Waals surface area contributed by atoms with Gasteiger partial charge in [0.25, 0.3) is 5.69 Å². The van der Waals surface area contributed by atoms with E-state index in [2.05, 4.69) is 20.5 Å². The molecule has 2 rings (SSSR count). The Balaban J connectivity index is 2.37. The van der Waals surface area contributed by atoms with Crippen LogP contribution in [0.1, 0.15) is 13.3 Å². The average Bonchev–Trinajstić information content (AvgIpc) is 2.80. The Labute approximate surface area is 123 Å². The van der Waals surface area contributed by atoms with E-state index in [0.29, 0.717) is 22.5 Å². The third kappa shape index (κ3) is 3.40. The van der Waals surface area contributed by atoms with Crippen LogP contribution in [0, 0.1) is 10.1 Å². The molecule has 0 atom stereocenters. The summed E-state index contributed by atoms with van der Waals surface area (Å²) >= 11 is 1.10. The van der Waals surface area contributed by atoms with E-state index in [0.717, 1.165) is 18.2 Å². The lowest BCUT2D eigenvalue weighted by molar-refractivity contribution is -0.385. The van der Waals surface area contributed by atoms with Gasteiger partial charge in [0, 0.05) is 19.7 Å². The molecule has 0 radical (unpaired) electrons. The van der Waals surface area contributed by atoms with Crippen molar-refractivity contribution in [2.75, 3.05) is 12.4 Å². The minimum Gasteiger partial charge on any atom is -0.373 e. The van der Waals surface area contributed by atoms with Gasteiger partial charge < -0.3 is 5.32 Å². The first-order valence-corrected chi connectivity index (χ1v) is 7.04. The standard InChI is InChI=1S/C11H14N6O3S/c1-3-4-16-10(18)14-15-11(16)21-9-6-7(17(19)20)5-8(12-2)13-9/h5-6H,3-4H2,1-2H3,(H,12,13)(H,14,18). The lowest BCUT2D eigenvalue weighted by Gasteiger charge is -2.05. The van der Waals surface area contributed by atoms with Gasteiger partial charge in [-0.1, -0.05) is 6.92 Å². The van der Waals surface area contributed by atoms with Crippen molar-refractivity contribution in [1.29, 1.82) is 0 Å². The first kappa shape index (κ1) is 15.0. The Kier molecular flexibility index (Phi) is 4.58. The molecular formula is C11H14N6O3S. The molecule has 2 heterocycles. The zero-order valence-electron chi connectivity index (χ0n) is 11.5. The van der Waals surface area contributed by atoms with E-state index in [-0.39, 0.29) is 11.4 Å². The minimum absolute atomic E-state index is 0.0724. The van der Waals surface area contributed by atoms with Crippen LogP contribution in [0.15, 0.2) is 27.1 Å². The number of aromatic nitrogens is 4. The molecule has 9 nitrogen and oxygen atoms in total. The van der Waals surface area contributed by atoms with Crippen molar-refractivity contribution in [3.8, 4) is 0 Å². The summed E-state index contributed by atoms with van der Waals surface area (Å²) in [5.41, 5.74) is -0.379. The lowest BCUT2D eigenvalue weighted by Crippen LogP contribution is -2.17. The molecule has 2 aromatic heterocycles. The maximum atomic E-state index is 11.6. The Morgan fingerprint density at radius 2 is 2.29 bits per heavy atom. The van der Waals surface area contributed by atoms with Crippen molar-refractivity contribution in [3.63, 3.8) is 0 Å². The van der Waals surface area contributed by atoms with Crippen LogP contribution in [0.5, 0.6) is 0 Å². The first-order chi connectivity index (χ1) is 10.0. The molecule has 0 amide bonds. The van der Waals surface area contributed by atoms with E-state index < -0.39 is 4.92 Å². The molecule has 0 aliphatic heterocycles. The highest BCUT2D eigenvalue weighted by Gasteiger charge is 2.15.